The van der Waals surface area contributed by atoms with Gasteiger partial charge in [0.1, 0.15) is 6.61 Å². The zero-order valence-corrected chi connectivity index (χ0v) is 34.5. The third-order valence-corrected chi connectivity index (χ3v) is 10.0. The minimum atomic E-state index is -1.54. The van der Waals surface area contributed by atoms with E-state index in [1.165, 1.54) is 154 Å². The minimum Gasteiger partial charge on any atom is -0.476 e. The van der Waals surface area contributed by atoms with Crippen molar-refractivity contribution in [3.63, 3.8) is 0 Å². The van der Waals surface area contributed by atoms with Crippen molar-refractivity contribution in [3.05, 3.63) is 0 Å². The molecule has 312 valence electrons. The second kappa shape index (κ2) is 39.7. The molecular weight excluding hydrogens is 670 g/mol. The van der Waals surface area contributed by atoms with E-state index < -0.39 is 23.9 Å². The molecule has 0 fully saturated rings. The lowest BCUT2D eigenvalue weighted by Crippen LogP contribution is -2.35. The Bertz CT molecular complexity index is 866. The van der Waals surface area contributed by atoms with Crippen molar-refractivity contribution < 1.29 is 38.5 Å². The van der Waals surface area contributed by atoms with Gasteiger partial charge < -0.3 is 25.1 Å². The number of esters is 2. The predicted octanol–water partition coefficient (Wildman–Crippen LogP) is 11.4. The standard InChI is InChI=1S/C44H83NO8/c1-3-5-7-9-11-13-15-17-19-21-23-25-27-29-31-33-42(47)52-38-40(37-51-36-39(45)35-41(46)44(49)50)53-43(48)34-32-30-28-26-24-22-20-18-16-14-12-10-8-6-4-2/h39-40H,3-38,45H2,1-2H3,(H,49,50). The van der Waals surface area contributed by atoms with Gasteiger partial charge in [0.25, 0.3) is 0 Å². The lowest BCUT2D eigenvalue weighted by molar-refractivity contribution is -0.163. The Kier molecular flexibility index (Phi) is 38.2. The van der Waals surface area contributed by atoms with Gasteiger partial charge >= 0.3 is 17.9 Å². The molecule has 2 unspecified atom stereocenters. The van der Waals surface area contributed by atoms with E-state index in [9.17, 15) is 19.2 Å². The monoisotopic (exact) mass is 754 g/mol. The smallest absolute Gasteiger partial charge is 0.372 e. The van der Waals surface area contributed by atoms with Crippen molar-refractivity contribution >= 4 is 23.7 Å². The van der Waals surface area contributed by atoms with E-state index in [0.717, 1.165) is 38.5 Å². The summed E-state index contributed by atoms with van der Waals surface area (Å²) in [5, 5.41) is 8.80. The summed E-state index contributed by atoms with van der Waals surface area (Å²) in [5.74, 6) is -3.21. The third kappa shape index (κ3) is 38.1. The van der Waals surface area contributed by atoms with Crippen molar-refractivity contribution in [2.45, 2.75) is 238 Å². The number of ketones is 1. The Labute approximate surface area is 325 Å². The fourth-order valence-corrected chi connectivity index (χ4v) is 6.64. The molecule has 0 saturated heterocycles. The van der Waals surface area contributed by atoms with Gasteiger partial charge in [-0.05, 0) is 12.8 Å². The van der Waals surface area contributed by atoms with Crippen LogP contribution in [0.25, 0.3) is 0 Å². The molecule has 0 radical (unpaired) electrons. The second-order valence-electron chi connectivity index (χ2n) is 15.4. The average molecular weight is 754 g/mol. The first-order valence-electron chi connectivity index (χ1n) is 22.2. The molecule has 9 nitrogen and oxygen atoms in total. The summed E-state index contributed by atoms with van der Waals surface area (Å²) in [5.41, 5.74) is 5.84. The average Bonchev–Trinajstić information content (AvgIpc) is 3.13. The molecule has 0 amide bonds. The summed E-state index contributed by atoms with van der Waals surface area (Å²) in [7, 11) is 0. The van der Waals surface area contributed by atoms with Crippen LogP contribution >= 0.6 is 0 Å². The molecule has 9 heteroatoms. The number of rotatable bonds is 42. The maximum Gasteiger partial charge on any atom is 0.372 e. The summed E-state index contributed by atoms with van der Waals surface area (Å²) in [4.78, 5) is 47.3. The van der Waals surface area contributed by atoms with Crippen molar-refractivity contribution in [1.82, 2.24) is 0 Å². The number of carboxylic acids is 1. The van der Waals surface area contributed by atoms with E-state index >= 15 is 0 Å². The predicted molar refractivity (Wildman–Crippen MR) is 216 cm³/mol. The van der Waals surface area contributed by atoms with Gasteiger partial charge in [-0.2, -0.15) is 0 Å². The molecular formula is C44H83NO8. The lowest BCUT2D eigenvalue weighted by Gasteiger charge is -2.19. The van der Waals surface area contributed by atoms with Crippen LogP contribution in [0, 0.1) is 0 Å². The van der Waals surface area contributed by atoms with Gasteiger partial charge in [-0.3, -0.25) is 14.4 Å². The maximum absolute atomic E-state index is 12.6. The molecule has 0 aliphatic carbocycles. The van der Waals surface area contributed by atoms with Crippen LogP contribution < -0.4 is 5.73 Å². The summed E-state index contributed by atoms with van der Waals surface area (Å²) in [6, 6.07) is -0.803. The Hall–Kier alpha value is -2.00. The number of nitrogens with two attached hydrogens (primary N) is 1. The molecule has 0 heterocycles. The van der Waals surface area contributed by atoms with Crippen molar-refractivity contribution in [2.75, 3.05) is 19.8 Å². The van der Waals surface area contributed by atoms with E-state index in [4.69, 9.17) is 25.1 Å². The van der Waals surface area contributed by atoms with Gasteiger partial charge in [0, 0.05) is 25.3 Å². The Balaban J connectivity index is 4.19. The molecule has 0 spiro atoms. The highest BCUT2D eigenvalue weighted by Crippen LogP contribution is 2.16. The Morgan fingerprint density at radius 1 is 0.472 bits per heavy atom. The SMILES string of the molecule is CCCCCCCCCCCCCCCCCC(=O)OCC(COCC(N)CC(=O)C(=O)O)OC(=O)CCCCCCCCCCCCCCCCC. The molecule has 0 bridgehead atoms. The molecule has 0 aromatic rings. The van der Waals surface area contributed by atoms with E-state index in [2.05, 4.69) is 13.8 Å². The molecule has 0 saturated carbocycles. The third-order valence-electron chi connectivity index (χ3n) is 10.0. The highest BCUT2D eigenvalue weighted by molar-refractivity contribution is 6.32. The molecule has 0 aromatic carbocycles. The number of hydrogen-bond donors (Lipinski definition) is 2. The second-order valence-corrected chi connectivity index (χ2v) is 15.4. The van der Waals surface area contributed by atoms with Crippen LogP contribution in [0.4, 0.5) is 0 Å². The number of aliphatic carboxylic acids is 1. The Morgan fingerprint density at radius 2 is 0.811 bits per heavy atom. The Morgan fingerprint density at radius 3 is 1.17 bits per heavy atom. The molecule has 0 aliphatic heterocycles. The topological polar surface area (TPSA) is 142 Å². The molecule has 2 atom stereocenters. The summed E-state index contributed by atoms with van der Waals surface area (Å²) >= 11 is 0. The molecule has 3 N–H and O–H groups in total. The number of hydrogen-bond acceptors (Lipinski definition) is 8. The highest BCUT2D eigenvalue weighted by Gasteiger charge is 2.20. The van der Waals surface area contributed by atoms with Gasteiger partial charge in [0.2, 0.25) is 5.78 Å². The normalized spacial score (nSPS) is 12.4. The molecule has 53 heavy (non-hydrogen) atoms. The maximum atomic E-state index is 12.6. The minimum absolute atomic E-state index is 0.0637. The van der Waals surface area contributed by atoms with Crippen LogP contribution in [0.3, 0.4) is 0 Å². The zero-order chi connectivity index (χ0) is 39.0. The first-order chi connectivity index (χ1) is 25.8. The van der Waals surface area contributed by atoms with Crippen molar-refractivity contribution in [1.29, 1.82) is 0 Å². The lowest BCUT2D eigenvalue weighted by atomic mass is 10.0. The van der Waals surface area contributed by atoms with E-state index in [0.29, 0.717) is 6.42 Å². The van der Waals surface area contributed by atoms with Crippen LogP contribution in [0.5, 0.6) is 0 Å². The van der Waals surface area contributed by atoms with Crippen LogP contribution in [0.15, 0.2) is 0 Å². The zero-order valence-electron chi connectivity index (χ0n) is 34.5. The largest absolute Gasteiger partial charge is 0.476 e. The van der Waals surface area contributed by atoms with Crippen LogP contribution in [-0.4, -0.2) is 60.8 Å². The number of carbonyl (C=O) groups is 4. The fourth-order valence-electron chi connectivity index (χ4n) is 6.64. The number of ether oxygens (including phenoxy) is 3. The van der Waals surface area contributed by atoms with Crippen molar-refractivity contribution in [2.24, 2.45) is 5.73 Å². The molecule has 0 aliphatic rings. The van der Waals surface area contributed by atoms with Crippen LogP contribution in [-0.2, 0) is 33.4 Å². The van der Waals surface area contributed by atoms with Crippen LogP contribution in [0.2, 0.25) is 0 Å². The van der Waals surface area contributed by atoms with E-state index in [1.807, 2.05) is 0 Å². The number of Topliss-reactive ketones (excluding diaryl/α,β-unsaturated/α-hetero) is 1. The molecule has 0 rings (SSSR count). The quantitative estimate of drug-likeness (QED) is 0.0354. The van der Waals surface area contributed by atoms with E-state index in [1.54, 1.807) is 0 Å². The highest BCUT2D eigenvalue weighted by atomic mass is 16.6. The number of unbranched alkanes of at least 4 members (excludes halogenated alkanes) is 28. The first kappa shape index (κ1) is 51.0. The van der Waals surface area contributed by atoms with E-state index in [-0.39, 0.29) is 44.6 Å². The fraction of sp³-hybridized carbons (Fsp3) is 0.909. The molecule has 0 aromatic heterocycles. The van der Waals surface area contributed by atoms with Crippen molar-refractivity contribution in [3.8, 4) is 0 Å². The van der Waals surface area contributed by atoms with Gasteiger partial charge in [0.05, 0.1) is 13.2 Å². The number of carboxylic acid groups (broad SMARTS) is 1. The summed E-state index contributed by atoms with van der Waals surface area (Å²) in [6.07, 6.45) is 37.0. The van der Waals surface area contributed by atoms with Gasteiger partial charge in [-0.25, -0.2) is 4.79 Å². The van der Waals surface area contributed by atoms with Gasteiger partial charge in [0.15, 0.2) is 6.10 Å². The summed E-state index contributed by atoms with van der Waals surface area (Å²) in [6.45, 7) is 4.25. The van der Waals surface area contributed by atoms with Crippen LogP contribution in [0.1, 0.15) is 226 Å². The first-order valence-corrected chi connectivity index (χ1v) is 22.2. The number of carbonyl (C=O) groups excluding carboxylic acids is 3. The summed E-state index contributed by atoms with van der Waals surface area (Å²) < 4.78 is 16.6. The van der Waals surface area contributed by atoms with Gasteiger partial charge in [-0.1, -0.05) is 194 Å². The van der Waals surface area contributed by atoms with Gasteiger partial charge in [-0.15, -0.1) is 0 Å².